The van der Waals surface area contributed by atoms with Gasteiger partial charge in [-0.1, -0.05) is 31.0 Å². The van der Waals surface area contributed by atoms with Crippen molar-refractivity contribution in [1.29, 1.82) is 0 Å². The van der Waals surface area contributed by atoms with E-state index in [1.54, 1.807) is 24.6 Å². The van der Waals surface area contributed by atoms with Crippen molar-refractivity contribution in [3.63, 3.8) is 0 Å². The molecular weight excluding hydrogens is 528 g/mol. The van der Waals surface area contributed by atoms with Gasteiger partial charge < -0.3 is 15.3 Å². The monoisotopic (exact) mass is 566 g/mol. The van der Waals surface area contributed by atoms with Gasteiger partial charge in [0, 0.05) is 42.6 Å². The Morgan fingerprint density at radius 1 is 1.00 bits per heavy atom. The molecule has 42 heavy (non-hydrogen) atoms. The molecule has 1 aliphatic heterocycles. The molecule has 4 heterocycles. The number of piperidine rings is 1. The molecule has 9 nitrogen and oxygen atoms in total. The topological polar surface area (TPSA) is 113 Å². The van der Waals surface area contributed by atoms with E-state index in [1.165, 1.54) is 18.2 Å². The van der Waals surface area contributed by atoms with Crippen molar-refractivity contribution in [2.75, 3.05) is 23.3 Å². The number of Topliss-reactive ketones (excluding diaryl/α,β-unsaturated/α-hetero) is 1. The number of carbonyl (C=O) groups is 1. The zero-order chi connectivity index (χ0) is 29.4. The average Bonchev–Trinajstić information content (AvgIpc) is 3.52. The van der Waals surface area contributed by atoms with Crippen LogP contribution in [-0.2, 0) is 0 Å². The van der Waals surface area contributed by atoms with Crippen LogP contribution in [0.3, 0.4) is 0 Å². The second kappa shape index (κ2) is 11.6. The number of aliphatic hydroxyl groups is 1. The first-order valence-corrected chi connectivity index (χ1v) is 15.0. The van der Waals surface area contributed by atoms with E-state index in [0.29, 0.717) is 28.9 Å². The van der Waals surface area contributed by atoms with E-state index in [1.807, 2.05) is 24.4 Å². The van der Waals surface area contributed by atoms with Crippen molar-refractivity contribution in [2.45, 2.75) is 77.4 Å². The van der Waals surface area contributed by atoms with Gasteiger partial charge in [0.2, 0.25) is 5.95 Å². The Labute approximate surface area is 245 Å². The number of anilines is 3. The van der Waals surface area contributed by atoms with E-state index >= 15 is 0 Å². The maximum atomic E-state index is 13.5. The van der Waals surface area contributed by atoms with E-state index in [4.69, 9.17) is 4.98 Å². The second-order valence-corrected chi connectivity index (χ2v) is 11.7. The van der Waals surface area contributed by atoms with E-state index in [-0.39, 0.29) is 22.9 Å². The molecule has 9 heteroatoms. The minimum absolute atomic E-state index is 0.0360. The number of rotatable bonds is 7. The smallest absolute Gasteiger partial charge is 0.263 e. The lowest BCUT2D eigenvalue weighted by Crippen LogP contribution is -2.32. The molecule has 6 rings (SSSR count). The number of benzene rings is 1. The molecule has 1 atom stereocenters. The van der Waals surface area contributed by atoms with Crippen LogP contribution in [0.1, 0.15) is 97.5 Å². The van der Waals surface area contributed by atoms with Crippen LogP contribution in [0.5, 0.6) is 0 Å². The third-order valence-electron chi connectivity index (χ3n) is 8.98. The van der Waals surface area contributed by atoms with Gasteiger partial charge in [0.25, 0.3) is 5.56 Å². The third-order valence-corrected chi connectivity index (χ3v) is 8.98. The Morgan fingerprint density at radius 2 is 1.71 bits per heavy atom. The average molecular weight is 567 g/mol. The molecule has 1 aromatic carbocycles. The summed E-state index contributed by atoms with van der Waals surface area (Å²) in [6.45, 7) is 6.97. The van der Waals surface area contributed by atoms with Gasteiger partial charge in [0.15, 0.2) is 5.78 Å². The van der Waals surface area contributed by atoms with E-state index in [0.717, 1.165) is 62.6 Å². The number of aliphatic hydroxyl groups excluding tert-OH is 1. The van der Waals surface area contributed by atoms with Crippen molar-refractivity contribution >= 4 is 34.3 Å². The number of hydrogen-bond donors (Lipinski definition) is 2. The van der Waals surface area contributed by atoms with Crippen LogP contribution in [0, 0.1) is 6.92 Å². The number of ketones is 1. The first kappa shape index (κ1) is 28.0. The first-order valence-electron chi connectivity index (χ1n) is 15.0. The molecule has 4 aromatic rings. The molecule has 3 aromatic heterocycles. The maximum absolute atomic E-state index is 13.5. The molecule has 1 saturated carbocycles. The van der Waals surface area contributed by atoms with Crippen LogP contribution in [0.25, 0.3) is 11.0 Å². The van der Waals surface area contributed by atoms with Crippen molar-refractivity contribution in [3.05, 3.63) is 81.4 Å². The molecule has 0 unspecified atom stereocenters. The zero-order valence-corrected chi connectivity index (χ0v) is 24.5. The Hall–Kier alpha value is -4.11. The lowest BCUT2D eigenvalue weighted by Gasteiger charge is -2.34. The molecule has 0 spiro atoms. The Morgan fingerprint density at radius 3 is 2.33 bits per heavy atom. The van der Waals surface area contributed by atoms with Crippen molar-refractivity contribution in [3.8, 4) is 0 Å². The van der Waals surface area contributed by atoms with Crippen LogP contribution in [0.2, 0.25) is 0 Å². The number of aryl methyl sites for hydroxylation is 1. The lowest BCUT2D eigenvalue weighted by molar-refractivity contribution is 0.101. The number of nitrogens with one attached hydrogen (secondary N) is 1. The van der Waals surface area contributed by atoms with E-state index in [2.05, 4.69) is 38.4 Å². The van der Waals surface area contributed by atoms with Crippen LogP contribution in [-0.4, -0.2) is 43.5 Å². The van der Waals surface area contributed by atoms with Crippen LogP contribution in [0.4, 0.5) is 17.5 Å². The van der Waals surface area contributed by atoms with Gasteiger partial charge in [-0.2, -0.15) is 4.98 Å². The van der Waals surface area contributed by atoms with Gasteiger partial charge in [0.05, 0.1) is 11.7 Å². The third kappa shape index (κ3) is 5.41. The molecule has 2 aliphatic rings. The maximum Gasteiger partial charge on any atom is 0.263 e. The summed E-state index contributed by atoms with van der Waals surface area (Å²) in [5.41, 5.74) is 4.51. The second-order valence-electron chi connectivity index (χ2n) is 11.7. The van der Waals surface area contributed by atoms with Gasteiger partial charge >= 0.3 is 0 Å². The fourth-order valence-corrected chi connectivity index (χ4v) is 6.58. The number of hydrogen-bond acceptors (Lipinski definition) is 8. The van der Waals surface area contributed by atoms with Gasteiger partial charge in [-0.3, -0.25) is 14.2 Å². The summed E-state index contributed by atoms with van der Waals surface area (Å²) in [5, 5.41) is 13.7. The van der Waals surface area contributed by atoms with Crippen LogP contribution >= 0.6 is 0 Å². The predicted molar refractivity (Wildman–Crippen MR) is 165 cm³/mol. The van der Waals surface area contributed by atoms with Crippen molar-refractivity contribution < 1.29 is 9.90 Å². The molecule has 1 saturated heterocycles. The fourth-order valence-electron chi connectivity index (χ4n) is 6.58. The van der Waals surface area contributed by atoms with Crippen molar-refractivity contribution in [1.82, 2.24) is 19.5 Å². The normalized spacial score (nSPS) is 17.1. The summed E-state index contributed by atoms with van der Waals surface area (Å²) in [4.78, 5) is 42.2. The summed E-state index contributed by atoms with van der Waals surface area (Å²) >= 11 is 0. The summed E-state index contributed by atoms with van der Waals surface area (Å²) in [6.07, 6.45) is 9.19. The highest BCUT2D eigenvalue weighted by Crippen LogP contribution is 2.33. The molecule has 0 amide bonds. The number of carbonyl (C=O) groups excluding carboxylic acids is 1. The fraction of sp³-hybridized carbons (Fsp3) is 0.424. The zero-order valence-electron chi connectivity index (χ0n) is 24.5. The van der Waals surface area contributed by atoms with E-state index < -0.39 is 6.10 Å². The van der Waals surface area contributed by atoms with Gasteiger partial charge in [-0.15, -0.1) is 0 Å². The molecule has 218 valence electrons. The number of pyridine rings is 2. The first-order chi connectivity index (χ1) is 20.3. The minimum atomic E-state index is -0.452. The largest absolute Gasteiger partial charge is 0.389 e. The molecule has 2 N–H and O–H groups in total. The van der Waals surface area contributed by atoms with Crippen LogP contribution in [0.15, 0.2) is 53.6 Å². The standard InChI is InChI=1S/C33H38N6O3/c1-20-28-19-35-33(37-31(28)39(27-6-4-5-7-27)32(42)30(20)22(3)41)36-29-13-10-25(18-34-29)24-14-16-38(17-15-24)26-11-8-23(9-12-26)21(2)40/h8-13,18-19,21,24,27,40H,4-7,14-17H2,1-3H3,(H,34,35,36,37)/t21-/m0/s1. The lowest BCUT2D eigenvalue weighted by atomic mass is 9.90. The Bertz CT molecular complexity index is 1650. The summed E-state index contributed by atoms with van der Waals surface area (Å²) in [7, 11) is 0. The van der Waals surface area contributed by atoms with Gasteiger partial charge in [-0.05, 0) is 87.3 Å². The van der Waals surface area contributed by atoms with Crippen molar-refractivity contribution in [2.24, 2.45) is 0 Å². The molecule has 1 aliphatic carbocycles. The van der Waals surface area contributed by atoms with Crippen LogP contribution < -0.4 is 15.8 Å². The molecule has 0 radical (unpaired) electrons. The van der Waals surface area contributed by atoms with Gasteiger partial charge in [0.1, 0.15) is 11.5 Å². The molecule has 2 fully saturated rings. The Kier molecular flexibility index (Phi) is 7.77. The number of aromatic nitrogens is 4. The number of nitrogens with zero attached hydrogens (tertiary/aromatic N) is 5. The summed E-state index contributed by atoms with van der Waals surface area (Å²) < 4.78 is 1.73. The minimum Gasteiger partial charge on any atom is -0.389 e. The SMILES string of the molecule is CC(=O)c1c(C)c2cnc(Nc3ccc(C4CCN(c5ccc([C@H](C)O)cc5)CC4)cn3)nc2n(C2CCCC2)c1=O. The van der Waals surface area contributed by atoms with E-state index in [9.17, 15) is 14.7 Å². The highest BCUT2D eigenvalue weighted by molar-refractivity contribution is 5.99. The number of fused-ring (bicyclic) bond motifs is 1. The quantitative estimate of drug-likeness (QED) is 0.262. The highest BCUT2D eigenvalue weighted by atomic mass is 16.3. The Balaban J connectivity index is 1.18. The molecular formula is C33H38N6O3. The molecule has 0 bridgehead atoms. The summed E-state index contributed by atoms with van der Waals surface area (Å²) in [5.74, 6) is 1.23. The summed E-state index contributed by atoms with van der Waals surface area (Å²) in [6, 6.07) is 12.3. The van der Waals surface area contributed by atoms with Gasteiger partial charge in [-0.25, -0.2) is 9.97 Å². The highest BCUT2D eigenvalue weighted by Gasteiger charge is 2.26. The predicted octanol–water partition coefficient (Wildman–Crippen LogP) is 5.99.